The Bertz CT molecular complexity index is 1090. The first-order valence-electron chi connectivity index (χ1n) is 11.4. The van der Waals surface area contributed by atoms with Gasteiger partial charge in [-0.15, -0.1) is 0 Å². The molecule has 1 N–H and O–H groups in total. The number of imidazole rings is 1. The molecule has 0 saturated carbocycles. The van der Waals surface area contributed by atoms with Crippen LogP contribution in [0.1, 0.15) is 23.2 Å². The average molecular weight is 469 g/mol. The Balaban J connectivity index is 1.38. The van der Waals surface area contributed by atoms with Gasteiger partial charge in [0.1, 0.15) is 11.5 Å². The smallest absolute Gasteiger partial charge is 0.271 e. The highest BCUT2D eigenvalue weighted by Gasteiger charge is 2.24. The number of benzene rings is 1. The number of hydrogen-bond donors (Lipinski definition) is 1. The van der Waals surface area contributed by atoms with E-state index in [1.54, 1.807) is 27.4 Å². The fraction of sp³-hybridized carbons (Fsp3) is 0.458. The number of methoxy groups -OCH3 is 3. The number of piperazine rings is 1. The van der Waals surface area contributed by atoms with E-state index in [-0.39, 0.29) is 5.91 Å². The van der Waals surface area contributed by atoms with Crippen molar-refractivity contribution in [1.82, 2.24) is 29.5 Å². The maximum atomic E-state index is 13.1. The standard InChI is InChI=1S/C24H32N6O4/c1-5-22-25-6-7-29(22)11-8-28-9-12-30(13-10-28)24(31)19-16-18(26-27-19)17-14-20(32-2)23(34-4)21(15-17)33-3/h6-7,14-16H,5,8-13H2,1-4H3,(H,26,27). The van der Waals surface area contributed by atoms with Gasteiger partial charge in [0.05, 0.1) is 27.0 Å². The second-order valence-corrected chi connectivity index (χ2v) is 8.11. The molecule has 1 aliphatic heterocycles. The summed E-state index contributed by atoms with van der Waals surface area (Å²) in [6, 6.07) is 5.39. The third-order valence-corrected chi connectivity index (χ3v) is 6.20. The van der Waals surface area contributed by atoms with Crippen LogP contribution in [0.25, 0.3) is 11.3 Å². The molecule has 1 aliphatic rings. The SMILES string of the molecule is CCc1nccn1CCN1CCN(C(=O)c2cc(-c3cc(OC)c(OC)c(OC)c3)n[nH]2)CC1. The predicted molar refractivity (Wildman–Crippen MR) is 128 cm³/mol. The van der Waals surface area contributed by atoms with E-state index < -0.39 is 0 Å². The predicted octanol–water partition coefficient (Wildman–Crippen LogP) is 2.32. The lowest BCUT2D eigenvalue weighted by Crippen LogP contribution is -2.49. The molecule has 0 spiro atoms. The topological polar surface area (TPSA) is 97.7 Å². The van der Waals surface area contributed by atoms with Crippen LogP contribution in [0, 0.1) is 0 Å². The Hall–Kier alpha value is -3.53. The molecule has 0 bridgehead atoms. The number of hydrogen-bond acceptors (Lipinski definition) is 7. The van der Waals surface area contributed by atoms with Gasteiger partial charge in [0.2, 0.25) is 5.75 Å². The van der Waals surface area contributed by atoms with E-state index in [1.165, 1.54) is 0 Å². The second kappa shape index (κ2) is 10.6. The Labute approximate surface area is 199 Å². The molecule has 3 heterocycles. The third kappa shape index (κ3) is 4.86. The fourth-order valence-electron chi connectivity index (χ4n) is 4.26. The number of aromatic nitrogens is 4. The molecule has 0 atom stereocenters. The first kappa shape index (κ1) is 23.6. The molecule has 0 unspecified atom stereocenters. The van der Waals surface area contributed by atoms with Crippen molar-refractivity contribution < 1.29 is 19.0 Å². The lowest BCUT2D eigenvalue weighted by molar-refractivity contribution is 0.0627. The molecule has 10 nitrogen and oxygen atoms in total. The summed E-state index contributed by atoms with van der Waals surface area (Å²) in [5, 5.41) is 7.25. The number of nitrogens with zero attached hydrogens (tertiary/aromatic N) is 5. The van der Waals surface area contributed by atoms with E-state index in [0.717, 1.165) is 44.0 Å². The van der Waals surface area contributed by atoms with Crippen LogP contribution in [0.4, 0.5) is 0 Å². The van der Waals surface area contributed by atoms with Crippen LogP contribution in [-0.2, 0) is 13.0 Å². The Morgan fingerprint density at radius 1 is 1.00 bits per heavy atom. The largest absolute Gasteiger partial charge is 0.493 e. The normalized spacial score (nSPS) is 14.3. The molecule has 4 rings (SSSR count). The minimum Gasteiger partial charge on any atom is -0.493 e. The summed E-state index contributed by atoms with van der Waals surface area (Å²) < 4.78 is 18.4. The summed E-state index contributed by atoms with van der Waals surface area (Å²) >= 11 is 0. The van der Waals surface area contributed by atoms with E-state index in [4.69, 9.17) is 14.2 Å². The van der Waals surface area contributed by atoms with Gasteiger partial charge in [0.25, 0.3) is 5.91 Å². The first-order valence-corrected chi connectivity index (χ1v) is 11.4. The molecule has 1 aromatic carbocycles. The van der Waals surface area contributed by atoms with Crippen LogP contribution in [0.15, 0.2) is 30.6 Å². The third-order valence-electron chi connectivity index (χ3n) is 6.20. The number of carbonyl (C=O) groups excluding carboxylic acids is 1. The molecule has 34 heavy (non-hydrogen) atoms. The summed E-state index contributed by atoms with van der Waals surface area (Å²) in [4.78, 5) is 21.7. The number of ether oxygens (including phenoxy) is 3. The molecular formula is C24H32N6O4. The van der Waals surface area contributed by atoms with Crippen molar-refractivity contribution in [2.45, 2.75) is 19.9 Å². The van der Waals surface area contributed by atoms with E-state index in [2.05, 4.69) is 31.6 Å². The number of amides is 1. The molecule has 2 aromatic heterocycles. The van der Waals surface area contributed by atoms with E-state index in [0.29, 0.717) is 41.7 Å². The number of carbonyl (C=O) groups is 1. The number of aryl methyl sites for hydroxylation is 1. The molecule has 3 aromatic rings. The lowest BCUT2D eigenvalue weighted by Gasteiger charge is -2.34. The van der Waals surface area contributed by atoms with Crippen molar-refractivity contribution in [1.29, 1.82) is 0 Å². The monoisotopic (exact) mass is 468 g/mol. The van der Waals surface area contributed by atoms with Crippen LogP contribution in [0.3, 0.4) is 0 Å². The fourth-order valence-corrected chi connectivity index (χ4v) is 4.26. The Morgan fingerprint density at radius 2 is 1.71 bits per heavy atom. The van der Waals surface area contributed by atoms with Gasteiger partial charge in [-0.25, -0.2) is 4.98 Å². The van der Waals surface area contributed by atoms with Crippen LogP contribution >= 0.6 is 0 Å². The number of aromatic amines is 1. The van der Waals surface area contributed by atoms with Gasteiger partial charge in [-0.1, -0.05) is 6.92 Å². The number of nitrogens with one attached hydrogen (secondary N) is 1. The van der Waals surface area contributed by atoms with Gasteiger partial charge in [0.15, 0.2) is 11.5 Å². The maximum Gasteiger partial charge on any atom is 0.271 e. The van der Waals surface area contributed by atoms with Gasteiger partial charge in [0, 0.05) is 63.6 Å². The van der Waals surface area contributed by atoms with Crippen molar-refractivity contribution in [2.75, 3.05) is 54.1 Å². The van der Waals surface area contributed by atoms with Gasteiger partial charge >= 0.3 is 0 Å². The average Bonchev–Trinajstić information content (AvgIpc) is 3.56. The molecule has 1 saturated heterocycles. The Kier molecular flexibility index (Phi) is 7.36. The van der Waals surface area contributed by atoms with Crippen molar-refractivity contribution in [3.8, 4) is 28.5 Å². The lowest BCUT2D eigenvalue weighted by atomic mass is 10.1. The Morgan fingerprint density at radius 3 is 2.32 bits per heavy atom. The van der Waals surface area contributed by atoms with Crippen LogP contribution < -0.4 is 14.2 Å². The van der Waals surface area contributed by atoms with Crippen LogP contribution in [0.2, 0.25) is 0 Å². The summed E-state index contributed by atoms with van der Waals surface area (Å²) in [7, 11) is 4.70. The molecule has 1 amide bonds. The summed E-state index contributed by atoms with van der Waals surface area (Å²) in [6.07, 6.45) is 4.81. The highest BCUT2D eigenvalue weighted by molar-refractivity contribution is 5.93. The minimum atomic E-state index is -0.0475. The molecule has 0 radical (unpaired) electrons. The van der Waals surface area contributed by atoms with Crippen molar-refractivity contribution >= 4 is 5.91 Å². The number of rotatable bonds is 9. The molecular weight excluding hydrogens is 436 g/mol. The molecule has 0 aliphatic carbocycles. The second-order valence-electron chi connectivity index (χ2n) is 8.11. The van der Waals surface area contributed by atoms with Gasteiger partial charge in [-0.2, -0.15) is 5.10 Å². The van der Waals surface area contributed by atoms with E-state index in [9.17, 15) is 4.79 Å². The zero-order valence-electron chi connectivity index (χ0n) is 20.2. The van der Waals surface area contributed by atoms with Gasteiger partial charge in [-0.3, -0.25) is 14.8 Å². The van der Waals surface area contributed by atoms with Crippen molar-refractivity contribution in [3.63, 3.8) is 0 Å². The minimum absolute atomic E-state index is 0.0475. The summed E-state index contributed by atoms with van der Waals surface area (Å²) in [6.45, 7) is 7.03. The maximum absolute atomic E-state index is 13.1. The van der Waals surface area contributed by atoms with Crippen LogP contribution in [-0.4, -0.2) is 89.5 Å². The highest BCUT2D eigenvalue weighted by atomic mass is 16.5. The van der Waals surface area contributed by atoms with Gasteiger partial charge in [-0.05, 0) is 18.2 Å². The van der Waals surface area contributed by atoms with E-state index in [1.807, 2.05) is 29.4 Å². The van der Waals surface area contributed by atoms with Crippen LogP contribution in [0.5, 0.6) is 17.2 Å². The zero-order valence-corrected chi connectivity index (χ0v) is 20.2. The first-order chi connectivity index (χ1) is 16.6. The quantitative estimate of drug-likeness (QED) is 0.515. The molecule has 10 heteroatoms. The molecule has 182 valence electrons. The van der Waals surface area contributed by atoms with E-state index >= 15 is 0 Å². The summed E-state index contributed by atoms with van der Waals surface area (Å²) in [5.41, 5.74) is 1.86. The van der Waals surface area contributed by atoms with Crippen molar-refractivity contribution in [2.24, 2.45) is 0 Å². The van der Waals surface area contributed by atoms with Gasteiger partial charge < -0.3 is 23.7 Å². The van der Waals surface area contributed by atoms with Crippen molar-refractivity contribution in [3.05, 3.63) is 42.1 Å². The summed E-state index contributed by atoms with van der Waals surface area (Å²) in [5.74, 6) is 2.64. The zero-order chi connectivity index (χ0) is 24.1. The highest BCUT2D eigenvalue weighted by Crippen LogP contribution is 2.40. The number of H-pyrrole nitrogens is 1. The molecule has 1 fully saturated rings.